The summed E-state index contributed by atoms with van der Waals surface area (Å²) in [6, 6.07) is -0.151. The van der Waals surface area contributed by atoms with E-state index in [1.807, 2.05) is 0 Å². The predicted octanol–water partition coefficient (Wildman–Crippen LogP) is 5.12. The zero-order chi connectivity index (χ0) is 31.2. The van der Waals surface area contributed by atoms with Gasteiger partial charge in [-0.15, -0.1) is 11.3 Å². The van der Waals surface area contributed by atoms with E-state index in [9.17, 15) is 54.6 Å². The van der Waals surface area contributed by atoms with Crippen molar-refractivity contribution in [3.05, 3.63) is 40.0 Å². The average Bonchev–Trinajstić information content (AvgIpc) is 3.51. The molecule has 2 amide bonds. The van der Waals surface area contributed by atoms with E-state index in [4.69, 9.17) is 4.74 Å². The molecule has 0 radical (unpaired) electrons. The zero-order valence-corrected chi connectivity index (χ0v) is 22.4. The van der Waals surface area contributed by atoms with Crippen molar-refractivity contribution in [2.24, 2.45) is 0 Å². The van der Waals surface area contributed by atoms with E-state index in [0.717, 1.165) is 0 Å². The lowest BCUT2D eigenvalue weighted by atomic mass is 9.89. The first-order valence-corrected chi connectivity index (χ1v) is 13.3. The molecule has 2 heterocycles. The number of hydrogen-bond acceptors (Lipinski definition) is 7. The van der Waals surface area contributed by atoms with Crippen LogP contribution in [0.1, 0.15) is 70.4 Å². The Morgan fingerprint density at radius 1 is 1.17 bits per heavy atom. The SMILES string of the molecule is C[C@H]1CCCN1C(=O)c1nc(C(=O)NC2CC(OC=O)C2)sc1-c1ccc(C(O)(C(F)(F)F)C(F)(F)F)cc1C(F)F. The van der Waals surface area contributed by atoms with Gasteiger partial charge in [-0.05, 0) is 25.8 Å². The lowest BCUT2D eigenvalue weighted by molar-refractivity contribution is -0.376. The van der Waals surface area contributed by atoms with Crippen LogP contribution in [0.2, 0.25) is 0 Å². The number of halogens is 8. The molecule has 1 aliphatic heterocycles. The molecule has 1 aromatic heterocycles. The van der Waals surface area contributed by atoms with Crippen molar-refractivity contribution in [3.8, 4) is 10.4 Å². The van der Waals surface area contributed by atoms with Crippen LogP contribution in [0.5, 0.6) is 0 Å². The summed E-state index contributed by atoms with van der Waals surface area (Å²) >= 11 is 0.454. The van der Waals surface area contributed by atoms with Crippen LogP contribution in [0.15, 0.2) is 18.2 Å². The molecule has 1 saturated heterocycles. The van der Waals surface area contributed by atoms with E-state index in [-0.39, 0.29) is 53.9 Å². The van der Waals surface area contributed by atoms with E-state index in [0.29, 0.717) is 30.2 Å². The maximum Gasteiger partial charge on any atom is 0.430 e. The fourth-order valence-electron chi connectivity index (χ4n) is 4.90. The smallest absolute Gasteiger partial charge is 0.430 e. The Balaban J connectivity index is 1.80. The Kier molecular flexibility index (Phi) is 8.57. The molecule has 1 saturated carbocycles. The summed E-state index contributed by atoms with van der Waals surface area (Å²) in [5, 5.41) is 12.0. The highest BCUT2D eigenvalue weighted by atomic mass is 32.1. The van der Waals surface area contributed by atoms with E-state index in [1.165, 1.54) is 4.90 Å². The van der Waals surface area contributed by atoms with Gasteiger partial charge in [0.05, 0.1) is 4.88 Å². The minimum Gasteiger partial charge on any atom is -0.464 e. The molecular weight excluding hydrogens is 606 g/mol. The molecule has 4 rings (SSSR count). The van der Waals surface area contributed by atoms with Gasteiger partial charge in [-0.2, -0.15) is 26.3 Å². The summed E-state index contributed by atoms with van der Waals surface area (Å²) < 4.78 is 114. The summed E-state index contributed by atoms with van der Waals surface area (Å²) in [6.45, 7) is 2.24. The highest BCUT2D eigenvalue weighted by Gasteiger charge is 2.71. The van der Waals surface area contributed by atoms with Crippen molar-refractivity contribution in [2.75, 3.05) is 6.54 Å². The summed E-state index contributed by atoms with van der Waals surface area (Å²) in [4.78, 5) is 41.8. The van der Waals surface area contributed by atoms with Crippen molar-refractivity contribution in [1.82, 2.24) is 15.2 Å². The molecule has 2 aromatic rings. The number of thiazole rings is 1. The normalized spacial score (nSPS) is 21.3. The number of nitrogens with zero attached hydrogens (tertiary/aromatic N) is 2. The van der Waals surface area contributed by atoms with Gasteiger partial charge in [-0.3, -0.25) is 14.4 Å². The first kappa shape index (κ1) is 31.6. The molecule has 2 fully saturated rings. The van der Waals surface area contributed by atoms with Crippen LogP contribution >= 0.6 is 11.3 Å². The summed E-state index contributed by atoms with van der Waals surface area (Å²) in [7, 11) is 0. The van der Waals surface area contributed by atoms with Crippen LogP contribution in [-0.4, -0.2) is 70.4 Å². The molecule has 0 unspecified atom stereocenters. The quantitative estimate of drug-likeness (QED) is 0.310. The monoisotopic (exact) mass is 629 g/mol. The van der Waals surface area contributed by atoms with Crippen molar-refractivity contribution < 1.29 is 59.4 Å². The number of carbonyl (C=O) groups excluding carboxylic acids is 3. The number of ether oxygens (including phenoxy) is 1. The van der Waals surface area contributed by atoms with Gasteiger partial charge in [0.1, 0.15) is 11.8 Å². The molecular formula is C25H23F8N3O5S. The Morgan fingerprint density at radius 3 is 2.33 bits per heavy atom. The minimum atomic E-state index is -6.31. The van der Waals surface area contributed by atoms with E-state index in [2.05, 4.69) is 10.3 Å². The van der Waals surface area contributed by atoms with Crippen LogP contribution in [0, 0.1) is 0 Å². The van der Waals surface area contributed by atoms with Crippen LogP contribution in [0.25, 0.3) is 10.4 Å². The highest BCUT2D eigenvalue weighted by molar-refractivity contribution is 7.17. The number of hydrogen-bond donors (Lipinski definition) is 2. The number of rotatable bonds is 8. The number of alkyl halides is 8. The highest BCUT2D eigenvalue weighted by Crippen LogP contribution is 2.51. The first-order chi connectivity index (χ1) is 19.5. The molecule has 2 N–H and O–H groups in total. The number of aromatic nitrogens is 1. The van der Waals surface area contributed by atoms with Crippen LogP contribution in [-0.2, 0) is 15.1 Å². The number of carbonyl (C=O) groups is 3. The van der Waals surface area contributed by atoms with Gasteiger partial charge in [0, 0.05) is 48.2 Å². The van der Waals surface area contributed by atoms with E-state index >= 15 is 0 Å². The van der Waals surface area contributed by atoms with Gasteiger partial charge in [-0.1, -0.05) is 12.1 Å². The third-order valence-electron chi connectivity index (χ3n) is 7.29. The van der Waals surface area contributed by atoms with Gasteiger partial charge in [0.25, 0.3) is 30.3 Å². The number of benzene rings is 1. The van der Waals surface area contributed by atoms with Crippen molar-refractivity contribution in [2.45, 2.75) is 75.2 Å². The molecule has 1 atom stereocenters. The predicted molar refractivity (Wildman–Crippen MR) is 130 cm³/mol. The number of nitrogens with one attached hydrogen (secondary N) is 1. The molecule has 2 aliphatic rings. The van der Waals surface area contributed by atoms with Gasteiger partial charge in [0.2, 0.25) is 0 Å². The van der Waals surface area contributed by atoms with Crippen LogP contribution in [0.4, 0.5) is 35.1 Å². The Bertz CT molecular complexity index is 1340. The Labute approximate surface area is 236 Å². The third-order valence-corrected chi connectivity index (χ3v) is 8.37. The van der Waals surface area contributed by atoms with Crippen LogP contribution in [0.3, 0.4) is 0 Å². The minimum absolute atomic E-state index is 0.116. The second kappa shape index (κ2) is 11.4. The number of likely N-dealkylation sites (tertiary alicyclic amines) is 1. The zero-order valence-electron chi connectivity index (χ0n) is 21.6. The van der Waals surface area contributed by atoms with Gasteiger partial charge >= 0.3 is 12.4 Å². The topological polar surface area (TPSA) is 109 Å². The summed E-state index contributed by atoms with van der Waals surface area (Å²) in [5.74, 6) is -1.58. The maximum absolute atomic E-state index is 14.2. The van der Waals surface area contributed by atoms with Crippen molar-refractivity contribution in [3.63, 3.8) is 0 Å². The molecule has 42 heavy (non-hydrogen) atoms. The Hall–Kier alpha value is -3.34. The van der Waals surface area contributed by atoms with Gasteiger partial charge < -0.3 is 20.1 Å². The second-order valence-corrected chi connectivity index (χ2v) is 11.0. The van der Waals surface area contributed by atoms with Crippen LogP contribution < -0.4 is 5.32 Å². The lowest BCUT2D eigenvalue weighted by Crippen LogP contribution is -2.54. The van der Waals surface area contributed by atoms with Gasteiger partial charge in [-0.25, -0.2) is 13.8 Å². The summed E-state index contributed by atoms with van der Waals surface area (Å²) in [5.41, 5.74) is -9.81. The van der Waals surface area contributed by atoms with Crippen molar-refractivity contribution >= 4 is 29.6 Å². The largest absolute Gasteiger partial charge is 0.464 e. The lowest BCUT2D eigenvalue weighted by Gasteiger charge is -2.33. The van der Waals surface area contributed by atoms with Crippen molar-refractivity contribution in [1.29, 1.82) is 0 Å². The number of aliphatic hydroxyl groups is 1. The molecule has 0 spiro atoms. The second-order valence-electron chi connectivity index (χ2n) is 9.99. The third kappa shape index (κ3) is 5.67. The fourth-order valence-corrected chi connectivity index (χ4v) is 5.91. The van der Waals surface area contributed by atoms with Gasteiger partial charge in [0.15, 0.2) is 5.01 Å². The van der Waals surface area contributed by atoms with E-state index < -0.39 is 70.7 Å². The van der Waals surface area contributed by atoms with E-state index in [1.54, 1.807) is 6.92 Å². The standard InChI is InChI=1S/C25H23F8N3O5S/c1-11-3-2-6-36(11)22(39)17-18(42-21(35-17)20(38)34-13-8-14(9-13)41-10-37)15-5-4-12(7-16(15)19(26)27)23(40,24(28,29)30)25(31,32)33/h4-5,7,10-11,13-14,19,40H,2-3,6,8-9H2,1H3,(H,34,38)/t11-,13?,14?/m0/s1. The first-order valence-electron chi connectivity index (χ1n) is 12.5. The molecule has 8 nitrogen and oxygen atoms in total. The molecule has 17 heteroatoms. The molecule has 1 aromatic carbocycles. The molecule has 230 valence electrons. The molecule has 1 aliphatic carbocycles. The molecule has 0 bridgehead atoms. The summed E-state index contributed by atoms with van der Waals surface area (Å²) in [6.07, 6.45) is -14.9. The average molecular weight is 630 g/mol. The fraction of sp³-hybridized carbons (Fsp3) is 0.520. The maximum atomic E-state index is 14.2. The Morgan fingerprint density at radius 2 is 1.81 bits per heavy atom. The number of amides is 2.